The van der Waals surface area contributed by atoms with E-state index in [2.05, 4.69) is 5.10 Å². The molecular formula is C11H11Cl2N3. The fraction of sp³-hybridized carbons (Fsp3) is 0.182. The summed E-state index contributed by atoms with van der Waals surface area (Å²) >= 11 is 11.8. The molecule has 0 aliphatic heterocycles. The third kappa shape index (κ3) is 2.31. The van der Waals surface area contributed by atoms with E-state index in [4.69, 9.17) is 28.9 Å². The lowest BCUT2D eigenvalue weighted by Crippen LogP contribution is -2.06. The van der Waals surface area contributed by atoms with Crippen LogP contribution in [-0.4, -0.2) is 9.78 Å². The molecule has 0 aliphatic rings. The third-order valence-corrected chi connectivity index (χ3v) is 2.76. The van der Waals surface area contributed by atoms with E-state index in [1.807, 2.05) is 19.1 Å². The minimum atomic E-state index is 0.569. The molecule has 2 aromatic rings. The summed E-state index contributed by atoms with van der Waals surface area (Å²) in [6.45, 7) is 2.49. The van der Waals surface area contributed by atoms with Gasteiger partial charge in [-0.05, 0) is 30.7 Å². The van der Waals surface area contributed by atoms with Crippen LogP contribution in [0.2, 0.25) is 10.0 Å². The number of hydrogen-bond acceptors (Lipinski definition) is 2. The Kier molecular flexibility index (Phi) is 3.08. The van der Waals surface area contributed by atoms with E-state index >= 15 is 0 Å². The Labute approximate surface area is 104 Å². The van der Waals surface area contributed by atoms with Gasteiger partial charge in [0.05, 0.1) is 12.7 Å². The first-order valence-corrected chi connectivity index (χ1v) is 5.54. The molecule has 2 N–H and O–H groups in total. The van der Waals surface area contributed by atoms with E-state index in [1.165, 1.54) is 0 Å². The monoisotopic (exact) mass is 255 g/mol. The predicted molar refractivity (Wildman–Crippen MR) is 66.9 cm³/mol. The molecule has 0 saturated carbocycles. The van der Waals surface area contributed by atoms with Crippen molar-refractivity contribution in [1.29, 1.82) is 0 Å². The molecule has 2 rings (SSSR count). The number of aryl methyl sites for hydroxylation is 1. The molecule has 16 heavy (non-hydrogen) atoms. The fourth-order valence-corrected chi connectivity index (χ4v) is 2.06. The summed E-state index contributed by atoms with van der Waals surface area (Å²) in [7, 11) is 0. The molecule has 1 heterocycles. The molecule has 0 atom stereocenters. The fourth-order valence-electron chi connectivity index (χ4n) is 1.49. The molecule has 0 bridgehead atoms. The molecule has 0 spiro atoms. The third-order valence-electron chi connectivity index (χ3n) is 2.33. The Hall–Kier alpha value is -1.19. The van der Waals surface area contributed by atoms with Crippen molar-refractivity contribution in [2.24, 2.45) is 0 Å². The number of hydrogen-bond donors (Lipinski definition) is 1. The van der Waals surface area contributed by atoms with E-state index in [9.17, 15) is 0 Å². The number of halogens is 2. The molecule has 0 unspecified atom stereocenters. The molecule has 5 heteroatoms. The molecule has 0 radical (unpaired) electrons. The van der Waals surface area contributed by atoms with Gasteiger partial charge in [0.15, 0.2) is 0 Å². The van der Waals surface area contributed by atoms with E-state index in [0.29, 0.717) is 22.4 Å². The van der Waals surface area contributed by atoms with Gasteiger partial charge in [0, 0.05) is 15.6 Å². The van der Waals surface area contributed by atoms with Crippen LogP contribution in [0.25, 0.3) is 0 Å². The van der Waals surface area contributed by atoms with Gasteiger partial charge in [-0.15, -0.1) is 0 Å². The van der Waals surface area contributed by atoms with E-state index in [1.54, 1.807) is 16.9 Å². The lowest BCUT2D eigenvalue weighted by Gasteiger charge is -2.06. The highest BCUT2D eigenvalue weighted by Gasteiger charge is 2.05. The molecule has 0 aliphatic carbocycles. The molecule has 1 aromatic heterocycles. The van der Waals surface area contributed by atoms with Gasteiger partial charge in [-0.1, -0.05) is 23.2 Å². The van der Waals surface area contributed by atoms with Crippen LogP contribution in [0.3, 0.4) is 0 Å². The van der Waals surface area contributed by atoms with Crippen molar-refractivity contribution in [3.63, 3.8) is 0 Å². The number of rotatable bonds is 2. The van der Waals surface area contributed by atoms with Crippen LogP contribution < -0.4 is 5.73 Å². The Morgan fingerprint density at radius 2 is 1.88 bits per heavy atom. The lowest BCUT2D eigenvalue weighted by molar-refractivity contribution is 0.697. The van der Waals surface area contributed by atoms with Crippen molar-refractivity contribution in [2.45, 2.75) is 13.5 Å². The smallest absolute Gasteiger partial charge is 0.124 e. The van der Waals surface area contributed by atoms with Gasteiger partial charge in [0.2, 0.25) is 0 Å². The summed E-state index contributed by atoms with van der Waals surface area (Å²) in [4.78, 5) is 0. The first-order chi connectivity index (χ1) is 7.56. The normalized spacial score (nSPS) is 10.7. The summed E-state index contributed by atoms with van der Waals surface area (Å²) in [5.74, 6) is 0.663. The van der Waals surface area contributed by atoms with Crippen molar-refractivity contribution in [1.82, 2.24) is 9.78 Å². The number of aromatic nitrogens is 2. The Bertz CT molecular complexity index is 500. The number of benzene rings is 1. The van der Waals surface area contributed by atoms with Crippen LogP contribution in [0.5, 0.6) is 0 Å². The highest BCUT2D eigenvalue weighted by atomic mass is 35.5. The highest BCUT2D eigenvalue weighted by molar-refractivity contribution is 6.34. The van der Waals surface area contributed by atoms with Crippen LogP contribution >= 0.6 is 23.2 Å². The molecule has 1 aromatic carbocycles. The largest absolute Gasteiger partial charge is 0.384 e. The Balaban J connectivity index is 2.30. The van der Waals surface area contributed by atoms with Crippen molar-refractivity contribution in [3.8, 4) is 0 Å². The van der Waals surface area contributed by atoms with E-state index in [-0.39, 0.29) is 0 Å². The van der Waals surface area contributed by atoms with Gasteiger partial charge in [-0.2, -0.15) is 5.10 Å². The zero-order valence-corrected chi connectivity index (χ0v) is 10.3. The summed E-state index contributed by atoms with van der Waals surface area (Å²) < 4.78 is 1.72. The quantitative estimate of drug-likeness (QED) is 0.897. The van der Waals surface area contributed by atoms with Crippen molar-refractivity contribution in [2.75, 3.05) is 5.73 Å². The maximum atomic E-state index is 5.92. The second kappa shape index (κ2) is 4.36. The average Bonchev–Trinajstić information content (AvgIpc) is 2.48. The number of nitrogens with zero attached hydrogens (tertiary/aromatic N) is 2. The first-order valence-electron chi connectivity index (χ1n) is 4.79. The summed E-state index contributed by atoms with van der Waals surface area (Å²) in [5.41, 5.74) is 7.81. The topological polar surface area (TPSA) is 43.8 Å². The van der Waals surface area contributed by atoms with Crippen LogP contribution in [0.1, 0.15) is 11.1 Å². The maximum Gasteiger partial charge on any atom is 0.124 e. The lowest BCUT2D eigenvalue weighted by atomic mass is 10.2. The van der Waals surface area contributed by atoms with Gasteiger partial charge >= 0.3 is 0 Å². The van der Waals surface area contributed by atoms with E-state index in [0.717, 1.165) is 11.1 Å². The minimum Gasteiger partial charge on any atom is -0.384 e. The Morgan fingerprint density at radius 1 is 1.25 bits per heavy atom. The van der Waals surface area contributed by atoms with Gasteiger partial charge in [0.25, 0.3) is 0 Å². The average molecular weight is 256 g/mol. The number of nitrogen functional groups attached to an aromatic ring is 1. The van der Waals surface area contributed by atoms with Gasteiger partial charge in [0.1, 0.15) is 5.82 Å². The zero-order valence-electron chi connectivity index (χ0n) is 8.74. The minimum absolute atomic E-state index is 0.569. The molecular weight excluding hydrogens is 245 g/mol. The molecule has 84 valence electrons. The van der Waals surface area contributed by atoms with Crippen LogP contribution in [-0.2, 0) is 6.54 Å². The second-order valence-electron chi connectivity index (χ2n) is 3.65. The maximum absolute atomic E-state index is 5.92. The van der Waals surface area contributed by atoms with Gasteiger partial charge in [-0.3, -0.25) is 0 Å². The van der Waals surface area contributed by atoms with Crippen LogP contribution in [0, 0.1) is 6.92 Å². The molecule has 0 fully saturated rings. The number of nitrogens with two attached hydrogens (primary N) is 1. The molecule has 0 saturated heterocycles. The van der Waals surface area contributed by atoms with Gasteiger partial charge < -0.3 is 5.73 Å². The number of anilines is 1. The van der Waals surface area contributed by atoms with Crippen molar-refractivity contribution >= 4 is 29.0 Å². The standard InChI is InChI=1S/C11H11Cl2N3/c1-7-5-15-16(11(7)14)6-8-2-9(12)4-10(13)3-8/h2-5H,6,14H2,1H3. The van der Waals surface area contributed by atoms with Gasteiger partial charge in [-0.25, -0.2) is 4.68 Å². The SMILES string of the molecule is Cc1cnn(Cc2cc(Cl)cc(Cl)c2)c1N. The van der Waals surface area contributed by atoms with Crippen molar-refractivity contribution in [3.05, 3.63) is 45.6 Å². The second-order valence-corrected chi connectivity index (χ2v) is 4.52. The summed E-state index contributed by atoms with van der Waals surface area (Å²) in [6.07, 6.45) is 1.74. The van der Waals surface area contributed by atoms with E-state index < -0.39 is 0 Å². The summed E-state index contributed by atoms with van der Waals surface area (Å²) in [5, 5.41) is 5.41. The zero-order chi connectivity index (χ0) is 11.7. The molecule has 0 amide bonds. The molecule has 3 nitrogen and oxygen atoms in total. The first kappa shape index (κ1) is 11.3. The summed E-state index contributed by atoms with van der Waals surface area (Å²) in [6, 6.07) is 5.40. The Morgan fingerprint density at radius 3 is 2.38 bits per heavy atom. The predicted octanol–water partition coefficient (Wildman–Crippen LogP) is 3.13. The van der Waals surface area contributed by atoms with Crippen molar-refractivity contribution < 1.29 is 0 Å². The van der Waals surface area contributed by atoms with Crippen LogP contribution in [0.4, 0.5) is 5.82 Å². The highest BCUT2D eigenvalue weighted by Crippen LogP contribution is 2.20. The van der Waals surface area contributed by atoms with Crippen LogP contribution in [0.15, 0.2) is 24.4 Å².